The van der Waals surface area contributed by atoms with Crippen molar-refractivity contribution in [3.63, 3.8) is 0 Å². The number of rotatable bonds is 4. The fourth-order valence-corrected chi connectivity index (χ4v) is 5.69. The number of sulfonamides is 2. The third kappa shape index (κ3) is 2.07. The maximum Gasteiger partial charge on any atom is 0.244 e. The molecular formula is C12H16N2O4S2. The fourth-order valence-electron chi connectivity index (χ4n) is 2.50. The van der Waals surface area contributed by atoms with E-state index in [1.54, 1.807) is 0 Å². The molecule has 20 heavy (non-hydrogen) atoms. The van der Waals surface area contributed by atoms with Crippen LogP contribution in [-0.4, -0.2) is 41.3 Å². The highest BCUT2D eigenvalue weighted by Crippen LogP contribution is 2.54. The van der Waals surface area contributed by atoms with Gasteiger partial charge in [-0.05, 0) is 37.4 Å². The first-order valence-corrected chi connectivity index (χ1v) is 9.26. The molecule has 110 valence electrons. The van der Waals surface area contributed by atoms with Crippen LogP contribution >= 0.6 is 0 Å². The number of hydrogen-bond acceptors (Lipinski definition) is 4. The standard InChI is InChI=1S/C12H16N2O4S2/c1-13-19(15,16)10-4-2-3-5-11(10)20(17,18)14-8-12(9-14)6-7-12/h2-5,13H,6-9H2,1H3. The van der Waals surface area contributed by atoms with E-state index in [0.717, 1.165) is 12.8 Å². The van der Waals surface area contributed by atoms with Gasteiger partial charge >= 0.3 is 0 Å². The molecule has 1 spiro atoms. The summed E-state index contributed by atoms with van der Waals surface area (Å²) in [7, 11) is -6.28. The van der Waals surface area contributed by atoms with Gasteiger partial charge in [0.1, 0.15) is 9.79 Å². The van der Waals surface area contributed by atoms with Gasteiger partial charge in [0.15, 0.2) is 0 Å². The van der Waals surface area contributed by atoms with Crippen LogP contribution in [0.3, 0.4) is 0 Å². The molecule has 2 fully saturated rings. The van der Waals surface area contributed by atoms with E-state index in [1.807, 2.05) is 0 Å². The fraction of sp³-hybridized carbons (Fsp3) is 0.500. The zero-order chi connectivity index (χ0) is 14.6. The molecule has 0 aromatic heterocycles. The van der Waals surface area contributed by atoms with Gasteiger partial charge in [-0.2, -0.15) is 4.31 Å². The normalized spacial score (nSPS) is 21.6. The summed E-state index contributed by atoms with van der Waals surface area (Å²) in [6.07, 6.45) is 2.13. The lowest BCUT2D eigenvalue weighted by molar-refractivity contribution is 0.178. The van der Waals surface area contributed by atoms with E-state index in [1.165, 1.54) is 35.6 Å². The van der Waals surface area contributed by atoms with Crippen molar-refractivity contribution < 1.29 is 16.8 Å². The smallest absolute Gasteiger partial charge is 0.214 e. The van der Waals surface area contributed by atoms with E-state index >= 15 is 0 Å². The van der Waals surface area contributed by atoms with Crippen molar-refractivity contribution in [1.29, 1.82) is 0 Å². The molecule has 1 saturated heterocycles. The van der Waals surface area contributed by atoms with Gasteiger partial charge in [-0.25, -0.2) is 21.6 Å². The minimum Gasteiger partial charge on any atom is -0.214 e. The maximum absolute atomic E-state index is 12.5. The van der Waals surface area contributed by atoms with Crippen LogP contribution in [0.2, 0.25) is 0 Å². The summed E-state index contributed by atoms with van der Waals surface area (Å²) >= 11 is 0. The van der Waals surface area contributed by atoms with Gasteiger partial charge in [0, 0.05) is 13.1 Å². The van der Waals surface area contributed by atoms with E-state index in [2.05, 4.69) is 4.72 Å². The van der Waals surface area contributed by atoms with E-state index in [-0.39, 0.29) is 15.2 Å². The van der Waals surface area contributed by atoms with Crippen molar-refractivity contribution in [1.82, 2.24) is 9.03 Å². The van der Waals surface area contributed by atoms with E-state index in [4.69, 9.17) is 0 Å². The second kappa shape index (κ2) is 4.27. The number of nitrogens with one attached hydrogen (secondary N) is 1. The van der Waals surface area contributed by atoms with Crippen LogP contribution in [0.25, 0.3) is 0 Å². The first-order chi connectivity index (χ1) is 9.31. The number of hydrogen-bond donors (Lipinski definition) is 1. The van der Waals surface area contributed by atoms with Crippen LogP contribution in [0, 0.1) is 5.41 Å². The number of benzene rings is 1. The summed E-state index contributed by atoms with van der Waals surface area (Å²) in [5.74, 6) is 0. The average molecular weight is 316 g/mol. The molecule has 1 N–H and O–H groups in total. The summed E-state index contributed by atoms with van der Waals surface area (Å²) in [5.41, 5.74) is 0.184. The summed E-state index contributed by atoms with van der Waals surface area (Å²) in [4.78, 5) is -0.343. The predicted octanol–water partition coefficient (Wildman–Crippen LogP) is 0.379. The summed E-state index contributed by atoms with van der Waals surface area (Å²) in [5, 5.41) is 0. The molecule has 2 aliphatic rings. The molecule has 1 saturated carbocycles. The van der Waals surface area contributed by atoms with Gasteiger partial charge in [-0.15, -0.1) is 0 Å². The molecule has 0 unspecified atom stereocenters. The lowest BCUT2D eigenvalue weighted by atomic mass is 10.0. The molecule has 0 atom stereocenters. The van der Waals surface area contributed by atoms with Crippen molar-refractivity contribution in [3.8, 4) is 0 Å². The third-order valence-electron chi connectivity index (χ3n) is 4.01. The Labute approximate surface area is 118 Å². The first kappa shape index (κ1) is 14.0. The Morgan fingerprint density at radius 1 is 1.05 bits per heavy atom. The molecular weight excluding hydrogens is 300 g/mol. The van der Waals surface area contributed by atoms with E-state index < -0.39 is 20.0 Å². The van der Waals surface area contributed by atoms with Crippen LogP contribution in [-0.2, 0) is 20.0 Å². The Morgan fingerprint density at radius 3 is 2.10 bits per heavy atom. The summed E-state index contributed by atoms with van der Waals surface area (Å²) in [6.45, 7) is 1.01. The molecule has 1 aromatic carbocycles. The summed E-state index contributed by atoms with van der Waals surface area (Å²) in [6, 6.07) is 5.71. The lowest BCUT2D eigenvalue weighted by Gasteiger charge is -2.38. The molecule has 0 amide bonds. The zero-order valence-corrected chi connectivity index (χ0v) is 12.7. The highest BCUT2D eigenvalue weighted by atomic mass is 32.2. The third-order valence-corrected chi connectivity index (χ3v) is 7.46. The monoisotopic (exact) mass is 316 g/mol. The molecule has 6 nitrogen and oxygen atoms in total. The Kier molecular flexibility index (Phi) is 2.99. The van der Waals surface area contributed by atoms with Crippen LogP contribution in [0.15, 0.2) is 34.1 Å². The van der Waals surface area contributed by atoms with Crippen molar-refractivity contribution >= 4 is 20.0 Å². The second-order valence-corrected chi connectivity index (χ2v) is 9.19. The van der Waals surface area contributed by atoms with Crippen LogP contribution in [0.1, 0.15) is 12.8 Å². The molecule has 1 aromatic rings. The Hall–Kier alpha value is -0.960. The molecule has 1 aliphatic heterocycles. The molecule has 8 heteroatoms. The lowest BCUT2D eigenvalue weighted by Crippen LogP contribution is -2.51. The molecule has 1 heterocycles. The molecule has 0 radical (unpaired) electrons. The average Bonchev–Trinajstić information content (AvgIpc) is 3.17. The first-order valence-electron chi connectivity index (χ1n) is 6.34. The minimum atomic E-state index is -3.80. The summed E-state index contributed by atoms with van der Waals surface area (Å²) < 4.78 is 52.5. The molecule has 0 bridgehead atoms. The van der Waals surface area contributed by atoms with Crippen LogP contribution in [0.5, 0.6) is 0 Å². The van der Waals surface area contributed by atoms with Gasteiger partial charge in [-0.1, -0.05) is 12.1 Å². The van der Waals surface area contributed by atoms with Gasteiger partial charge in [0.25, 0.3) is 0 Å². The van der Waals surface area contributed by atoms with E-state index in [9.17, 15) is 16.8 Å². The Morgan fingerprint density at radius 2 is 1.60 bits per heavy atom. The van der Waals surface area contributed by atoms with Gasteiger partial charge in [0.05, 0.1) is 0 Å². The van der Waals surface area contributed by atoms with Gasteiger partial charge in [0.2, 0.25) is 20.0 Å². The minimum absolute atomic E-state index is 0.148. The zero-order valence-electron chi connectivity index (χ0n) is 11.0. The largest absolute Gasteiger partial charge is 0.244 e. The topological polar surface area (TPSA) is 83.5 Å². The number of nitrogens with zero attached hydrogens (tertiary/aromatic N) is 1. The SMILES string of the molecule is CNS(=O)(=O)c1ccccc1S(=O)(=O)N1CC2(CC2)C1. The van der Waals surface area contributed by atoms with Crippen molar-refractivity contribution in [2.24, 2.45) is 5.41 Å². The Bertz CT molecular complexity index is 743. The van der Waals surface area contributed by atoms with Gasteiger partial charge < -0.3 is 0 Å². The van der Waals surface area contributed by atoms with Crippen molar-refractivity contribution in [2.75, 3.05) is 20.1 Å². The van der Waals surface area contributed by atoms with Gasteiger partial charge in [-0.3, -0.25) is 0 Å². The highest BCUT2D eigenvalue weighted by molar-refractivity contribution is 7.92. The molecule has 3 rings (SSSR count). The Balaban J connectivity index is 2.02. The van der Waals surface area contributed by atoms with Crippen molar-refractivity contribution in [3.05, 3.63) is 24.3 Å². The molecule has 1 aliphatic carbocycles. The van der Waals surface area contributed by atoms with E-state index in [0.29, 0.717) is 13.1 Å². The van der Waals surface area contributed by atoms with Crippen LogP contribution < -0.4 is 4.72 Å². The highest BCUT2D eigenvalue weighted by Gasteiger charge is 2.56. The maximum atomic E-state index is 12.5. The second-order valence-electron chi connectivity index (χ2n) is 5.43. The quantitative estimate of drug-likeness (QED) is 0.870. The van der Waals surface area contributed by atoms with Crippen molar-refractivity contribution in [2.45, 2.75) is 22.6 Å². The van der Waals surface area contributed by atoms with Crippen LogP contribution in [0.4, 0.5) is 0 Å². The predicted molar refractivity (Wildman–Crippen MR) is 73.1 cm³/mol.